The highest BCUT2D eigenvalue weighted by Gasteiger charge is 2.07. The smallest absolute Gasteiger partial charge is 0.101 e. The molecule has 0 aliphatic heterocycles. The molecule has 0 atom stereocenters. The van der Waals surface area contributed by atoms with Gasteiger partial charge < -0.3 is 4.98 Å². The number of nitriles is 1. The average molecular weight is 235 g/mol. The van der Waals surface area contributed by atoms with E-state index in [9.17, 15) is 0 Å². The van der Waals surface area contributed by atoms with Crippen molar-refractivity contribution in [3.05, 3.63) is 33.9 Å². The van der Waals surface area contributed by atoms with Crippen LogP contribution in [0.25, 0.3) is 10.9 Å². The fourth-order valence-electron chi connectivity index (χ4n) is 1.41. The number of aryl methyl sites for hydroxylation is 1. The van der Waals surface area contributed by atoms with E-state index in [4.69, 9.17) is 5.26 Å². The molecule has 2 aromatic rings. The number of nitrogens with zero attached hydrogens (tertiary/aromatic N) is 1. The van der Waals surface area contributed by atoms with Crippen LogP contribution in [0.1, 0.15) is 11.1 Å². The van der Waals surface area contributed by atoms with Gasteiger partial charge in [0, 0.05) is 5.39 Å². The summed E-state index contributed by atoms with van der Waals surface area (Å²) in [6, 6.07) is 7.87. The maximum atomic E-state index is 8.85. The molecule has 0 aliphatic rings. The summed E-state index contributed by atoms with van der Waals surface area (Å²) in [6.07, 6.45) is 0. The Kier molecular flexibility index (Phi) is 1.86. The summed E-state index contributed by atoms with van der Waals surface area (Å²) >= 11 is 3.41. The van der Waals surface area contributed by atoms with Gasteiger partial charge in [-0.3, -0.25) is 0 Å². The molecule has 0 unspecified atom stereocenters. The molecule has 0 saturated carbocycles. The van der Waals surface area contributed by atoms with Crippen LogP contribution in [0.15, 0.2) is 22.8 Å². The first-order chi connectivity index (χ1) is 6.24. The quantitative estimate of drug-likeness (QED) is 0.748. The lowest BCUT2D eigenvalue weighted by Crippen LogP contribution is -1.76. The first-order valence-electron chi connectivity index (χ1n) is 3.91. The number of fused-ring (bicyclic) bond motifs is 1. The molecule has 1 aromatic heterocycles. The standard InChI is InChI=1S/C10H7BrN2/c1-6-8-4-2-3-7(5-12)9(8)13-10(6)11/h2-4,13H,1H3. The molecule has 13 heavy (non-hydrogen) atoms. The van der Waals surface area contributed by atoms with Crippen molar-refractivity contribution in [2.24, 2.45) is 0 Å². The Balaban J connectivity index is 2.95. The summed E-state index contributed by atoms with van der Waals surface area (Å²) in [4.78, 5) is 3.14. The van der Waals surface area contributed by atoms with Gasteiger partial charge in [-0.15, -0.1) is 0 Å². The van der Waals surface area contributed by atoms with Gasteiger partial charge in [0.2, 0.25) is 0 Å². The van der Waals surface area contributed by atoms with Crippen molar-refractivity contribution in [1.29, 1.82) is 5.26 Å². The normalized spacial score (nSPS) is 10.2. The molecule has 1 aromatic carbocycles. The Morgan fingerprint density at radius 3 is 2.92 bits per heavy atom. The molecular formula is C10H7BrN2. The SMILES string of the molecule is Cc1c(Br)[nH]c2c(C#N)cccc12. The fourth-order valence-corrected chi connectivity index (χ4v) is 1.83. The molecule has 2 rings (SSSR count). The molecular weight excluding hydrogens is 228 g/mol. The highest BCUT2D eigenvalue weighted by Crippen LogP contribution is 2.27. The predicted molar refractivity (Wildman–Crippen MR) is 55.5 cm³/mol. The lowest BCUT2D eigenvalue weighted by atomic mass is 10.1. The predicted octanol–water partition coefficient (Wildman–Crippen LogP) is 3.11. The van der Waals surface area contributed by atoms with E-state index >= 15 is 0 Å². The summed E-state index contributed by atoms with van der Waals surface area (Å²) in [5.41, 5.74) is 2.74. The molecule has 0 spiro atoms. The third kappa shape index (κ3) is 1.14. The molecule has 0 amide bonds. The highest BCUT2D eigenvalue weighted by molar-refractivity contribution is 9.10. The van der Waals surface area contributed by atoms with Crippen LogP contribution in [0.3, 0.4) is 0 Å². The molecule has 1 heterocycles. The lowest BCUT2D eigenvalue weighted by molar-refractivity contribution is 1.35. The van der Waals surface area contributed by atoms with Crippen molar-refractivity contribution in [2.45, 2.75) is 6.92 Å². The van der Waals surface area contributed by atoms with Gasteiger partial charge in [0.25, 0.3) is 0 Å². The summed E-state index contributed by atoms with van der Waals surface area (Å²) in [5.74, 6) is 0. The van der Waals surface area contributed by atoms with E-state index in [-0.39, 0.29) is 0 Å². The Labute approximate surface area is 84.3 Å². The zero-order chi connectivity index (χ0) is 9.42. The Morgan fingerprint density at radius 1 is 1.46 bits per heavy atom. The fraction of sp³-hybridized carbons (Fsp3) is 0.100. The van der Waals surface area contributed by atoms with E-state index in [2.05, 4.69) is 27.0 Å². The molecule has 64 valence electrons. The van der Waals surface area contributed by atoms with Crippen molar-refractivity contribution in [1.82, 2.24) is 4.98 Å². The van der Waals surface area contributed by atoms with Crippen LogP contribution < -0.4 is 0 Å². The molecule has 0 bridgehead atoms. The maximum absolute atomic E-state index is 8.85. The van der Waals surface area contributed by atoms with Gasteiger partial charge in [-0.2, -0.15) is 5.26 Å². The van der Waals surface area contributed by atoms with E-state index in [1.807, 2.05) is 25.1 Å². The second-order valence-corrected chi connectivity index (χ2v) is 3.70. The van der Waals surface area contributed by atoms with Gasteiger partial charge in [0.15, 0.2) is 0 Å². The number of rotatable bonds is 0. The molecule has 0 fully saturated rings. The molecule has 2 nitrogen and oxygen atoms in total. The van der Waals surface area contributed by atoms with Crippen LogP contribution in [0.5, 0.6) is 0 Å². The summed E-state index contributed by atoms with van der Waals surface area (Å²) in [5, 5.41) is 9.95. The van der Waals surface area contributed by atoms with E-state index < -0.39 is 0 Å². The number of H-pyrrole nitrogens is 1. The van der Waals surface area contributed by atoms with Crippen LogP contribution >= 0.6 is 15.9 Å². The summed E-state index contributed by atoms with van der Waals surface area (Å²) in [7, 11) is 0. The van der Waals surface area contributed by atoms with E-state index in [1.165, 1.54) is 0 Å². The minimum atomic E-state index is 0.686. The summed E-state index contributed by atoms with van der Waals surface area (Å²) in [6.45, 7) is 2.02. The molecule has 1 N–H and O–H groups in total. The minimum absolute atomic E-state index is 0.686. The number of hydrogen-bond donors (Lipinski definition) is 1. The Bertz CT molecular complexity index is 505. The van der Waals surface area contributed by atoms with Crippen LogP contribution in [0.4, 0.5) is 0 Å². The number of hydrogen-bond acceptors (Lipinski definition) is 1. The van der Waals surface area contributed by atoms with Gasteiger partial charge in [0.05, 0.1) is 15.7 Å². The molecule has 3 heteroatoms. The van der Waals surface area contributed by atoms with Crippen molar-refractivity contribution < 1.29 is 0 Å². The number of aromatic nitrogens is 1. The van der Waals surface area contributed by atoms with Crippen molar-refractivity contribution in [3.63, 3.8) is 0 Å². The number of nitrogens with one attached hydrogen (secondary N) is 1. The highest BCUT2D eigenvalue weighted by atomic mass is 79.9. The maximum Gasteiger partial charge on any atom is 0.101 e. The van der Waals surface area contributed by atoms with Gasteiger partial charge in [-0.1, -0.05) is 12.1 Å². The molecule has 0 aliphatic carbocycles. The van der Waals surface area contributed by atoms with Crippen molar-refractivity contribution >= 4 is 26.8 Å². The van der Waals surface area contributed by atoms with Crippen LogP contribution in [-0.2, 0) is 0 Å². The monoisotopic (exact) mass is 234 g/mol. The second kappa shape index (κ2) is 2.90. The van der Waals surface area contributed by atoms with Gasteiger partial charge >= 0.3 is 0 Å². The third-order valence-electron chi connectivity index (χ3n) is 2.15. The Hall–Kier alpha value is -1.27. The van der Waals surface area contributed by atoms with Crippen molar-refractivity contribution in [3.8, 4) is 6.07 Å². The minimum Gasteiger partial charge on any atom is -0.348 e. The number of para-hydroxylation sites is 1. The second-order valence-electron chi connectivity index (χ2n) is 2.90. The zero-order valence-electron chi connectivity index (χ0n) is 7.06. The largest absolute Gasteiger partial charge is 0.348 e. The molecule has 0 saturated heterocycles. The first-order valence-corrected chi connectivity index (χ1v) is 4.70. The van der Waals surface area contributed by atoms with Crippen molar-refractivity contribution in [2.75, 3.05) is 0 Å². The number of benzene rings is 1. The zero-order valence-corrected chi connectivity index (χ0v) is 8.64. The van der Waals surface area contributed by atoms with Crippen LogP contribution in [0, 0.1) is 18.3 Å². The van der Waals surface area contributed by atoms with E-state index in [1.54, 1.807) is 0 Å². The first kappa shape index (κ1) is 8.33. The van der Waals surface area contributed by atoms with Gasteiger partial charge in [0.1, 0.15) is 6.07 Å². The lowest BCUT2D eigenvalue weighted by Gasteiger charge is -1.91. The number of aromatic amines is 1. The summed E-state index contributed by atoms with van der Waals surface area (Å²) < 4.78 is 0.949. The van der Waals surface area contributed by atoms with Gasteiger partial charge in [-0.25, -0.2) is 0 Å². The van der Waals surface area contributed by atoms with Crippen LogP contribution in [-0.4, -0.2) is 4.98 Å². The van der Waals surface area contributed by atoms with E-state index in [0.717, 1.165) is 21.1 Å². The Morgan fingerprint density at radius 2 is 2.23 bits per heavy atom. The average Bonchev–Trinajstić information content (AvgIpc) is 2.43. The number of halogens is 1. The van der Waals surface area contributed by atoms with E-state index in [0.29, 0.717) is 5.56 Å². The third-order valence-corrected chi connectivity index (χ3v) is 2.95. The van der Waals surface area contributed by atoms with Crippen LogP contribution in [0.2, 0.25) is 0 Å². The molecule has 0 radical (unpaired) electrons. The van der Waals surface area contributed by atoms with Gasteiger partial charge in [-0.05, 0) is 34.5 Å². The topological polar surface area (TPSA) is 39.6 Å².